The number of ether oxygens (including phenoxy) is 1. The molecule has 0 radical (unpaired) electrons. The Balaban J connectivity index is 1.81. The van der Waals surface area contributed by atoms with Crippen molar-refractivity contribution in [1.29, 1.82) is 0 Å². The van der Waals surface area contributed by atoms with E-state index < -0.39 is 5.97 Å². The Morgan fingerprint density at radius 1 is 1.17 bits per heavy atom. The SMILES string of the molecule is CCCOc1ccc(/C=C2\C[NH+](C)Cc3c2nc2ccccc2c3C(=O)[O-])cc1. The van der Waals surface area contributed by atoms with Crippen LogP contribution in [0.4, 0.5) is 0 Å². The van der Waals surface area contributed by atoms with Gasteiger partial charge in [-0.25, -0.2) is 4.98 Å². The Bertz CT molecular complexity index is 1090. The quantitative estimate of drug-likeness (QED) is 0.726. The number of aromatic nitrogens is 1. The van der Waals surface area contributed by atoms with E-state index in [4.69, 9.17) is 9.72 Å². The van der Waals surface area contributed by atoms with Gasteiger partial charge in [0.25, 0.3) is 0 Å². The molecular weight excluding hydrogens is 364 g/mol. The molecule has 0 saturated heterocycles. The Morgan fingerprint density at radius 2 is 1.93 bits per heavy atom. The second kappa shape index (κ2) is 8.05. The fourth-order valence-corrected chi connectivity index (χ4v) is 3.90. The van der Waals surface area contributed by atoms with E-state index in [2.05, 4.69) is 20.0 Å². The number of hydrogen-bond acceptors (Lipinski definition) is 4. The molecule has 1 N–H and O–H groups in total. The minimum atomic E-state index is -1.15. The molecular formula is C24H24N2O3. The molecule has 2 aromatic carbocycles. The van der Waals surface area contributed by atoms with E-state index >= 15 is 0 Å². The van der Waals surface area contributed by atoms with Crippen molar-refractivity contribution < 1.29 is 19.5 Å². The van der Waals surface area contributed by atoms with E-state index in [0.717, 1.165) is 41.1 Å². The number of likely N-dealkylation sites (N-methyl/N-ethyl adjacent to an activating group) is 1. The van der Waals surface area contributed by atoms with Crippen molar-refractivity contribution in [3.63, 3.8) is 0 Å². The van der Waals surface area contributed by atoms with Crippen LogP contribution in [0.2, 0.25) is 0 Å². The van der Waals surface area contributed by atoms with Gasteiger partial charge in [-0.3, -0.25) is 0 Å². The van der Waals surface area contributed by atoms with E-state index in [9.17, 15) is 9.90 Å². The van der Waals surface area contributed by atoms with Gasteiger partial charge in [-0.15, -0.1) is 0 Å². The number of benzene rings is 2. The molecule has 4 rings (SSSR count). The molecule has 2 heterocycles. The third-order valence-corrected chi connectivity index (χ3v) is 5.17. The molecule has 0 aliphatic carbocycles. The van der Waals surface area contributed by atoms with Gasteiger partial charge >= 0.3 is 0 Å². The summed E-state index contributed by atoms with van der Waals surface area (Å²) in [7, 11) is 2.06. The largest absolute Gasteiger partial charge is 0.545 e. The Labute approximate surface area is 170 Å². The number of pyridine rings is 1. The standard InChI is InChI=1S/C24H24N2O3/c1-3-12-29-18-10-8-16(9-11-18)13-17-14-26(2)15-20-22(24(27)28)19-6-4-5-7-21(19)25-23(17)20/h4-11,13H,3,12,14-15H2,1-2H3,(H,27,28)/b17-13+. The summed E-state index contributed by atoms with van der Waals surface area (Å²) in [6.45, 7) is 4.16. The number of aromatic carboxylic acids is 1. The molecule has 0 amide bonds. The van der Waals surface area contributed by atoms with Crippen molar-refractivity contribution >= 4 is 28.5 Å². The highest BCUT2D eigenvalue weighted by molar-refractivity contribution is 6.05. The van der Waals surface area contributed by atoms with Crippen LogP contribution in [0.5, 0.6) is 5.75 Å². The van der Waals surface area contributed by atoms with E-state index in [1.165, 1.54) is 4.90 Å². The lowest BCUT2D eigenvalue weighted by Crippen LogP contribution is -3.08. The molecule has 5 nitrogen and oxygen atoms in total. The molecule has 0 fully saturated rings. The maximum atomic E-state index is 12.0. The zero-order valence-electron chi connectivity index (χ0n) is 16.7. The van der Waals surface area contributed by atoms with Crippen molar-refractivity contribution in [2.45, 2.75) is 19.9 Å². The zero-order valence-corrected chi connectivity index (χ0v) is 16.7. The summed E-state index contributed by atoms with van der Waals surface area (Å²) in [6.07, 6.45) is 3.06. The highest BCUT2D eigenvalue weighted by Gasteiger charge is 2.27. The second-order valence-corrected chi connectivity index (χ2v) is 7.52. The lowest BCUT2D eigenvalue weighted by atomic mass is 9.92. The van der Waals surface area contributed by atoms with Crippen molar-refractivity contribution in [1.82, 2.24) is 4.98 Å². The van der Waals surface area contributed by atoms with Crippen LogP contribution in [0.25, 0.3) is 22.6 Å². The minimum absolute atomic E-state index is 0.263. The van der Waals surface area contributed by atoms with Crippen LogP contribution in [-0.2, 0) is 6.54 Å². The van der Waals surface area contributed by atoms with Crippen LogP contribution in [0.3, 0.4) is 0 Å². The van der Waals surface area contributed by atoms with Crippen LogP contribution in [-0.4, -0.2) is 31.2 Å². The third kappa shape index (κ3) is 3.87. The van der Waals surface area contributed by atoms with Gasteiger partial charge in [0.2, 0.25) is 0 Å². The van der Waals surface area contributed by atoms with E-state index in [0.29, 0.717) is 24.1 Å². The minimum Gasteiger partial charge on any atom is -0.545 e. The highest BCUT2D eigenvalue weighted by Crippen LogP contribution is 2.29. The van der Waals surface area contributed by atoms with E-state index in [1.807, 2.05) is 42.5 Å². The lowest BCUT2D eigenvalue weighted by Gasteiger charge is -2.27. The number of nitrogens with zero attached hydrogens (tertiary/aromatic N) is 1. The smallest absolute Gasteiger partial charge is 0.119 e. The summed E-state index contributed by atoms with van der Waals surface area (Å²) < 4.78 is 5.65. The molecule has 1 atom stereocenters. The van der Waals surface area contributed by atoms with Gasteiger partial charge in [0.15, 0.2) is 0 Å². The number of fused-ring (bicyclic) bond motifs is 2. The molecule has 1 unspecified atom stereocenters. The summed E-state index contributed by atoms with van der Waals surface area (Å²) >= 11 is 0. The van der Waals surface area contributed by atoms with Crippen molar-refractivity contribution in [2.75, 3.05) is 20.2 Å². The number of carbonyl (C=O) groups excluding carboxylic acids is 1. The van der Waals surface area contributed by atoms with Gasteiger partial charge in [0, 0.05) is 22.1 Å². The maximum absolute atomic E-state index is 12.0. The fraction of sp³-hybridized carbons (Fsp3) is 0.250. The molecule has 1 aliphatic rings. The first kappa shape index (κ1) is 19.2. The first-order chi connectivity index (χ1) is 14.1. The molecule has 1 aromatic heterocycles. The van der Waals surface area contributed by atoms with Gasteiger partial charge < -0.3 is 19.5 Å². The molecule has 5 heteroatoms. The lowest BCUT2D eigenvalue weighted by molar-refractivity contribution is -0.887. The van der Waals surface area contributed by atoms with Gasteiger partial charge in [0.1, 0.15) is 18.8 Å². The zero-order chi connectivity index (χ0) is 20.4. The summed E-state index contributed by atoms with van der Waals surface area (Å²) in [5.74, 6) is -0.296. The van der Waals surface area contributed by atoms with Gasteiger partial charge in [0.05, 0.1) is 30.8 Å². The number of para-hydroxylation sites is 1. The van der Waals surface area contributed by atoms with Crippen LogP contribution in [0.1, 0.15) is 40.5 Å². The van der Waals surface area contributed by atoms with E-state index in [1.54, 1.807) is 6.07 Å². The molecule has 0 spiro atoms. The normalized spacial score (nSPS) is 17.3. The van der Waals surface area contributed by atoms with Crippen LogP contribution in [0.15, 0.2) is 48.5 Å². The first-order valence-corrected chi connectivity index (χ1v) is 9.95. The maximum Gasteiger partial charge on any atom is 0.119 e. The third-order valence-electron chi connectivity index (χ3n) is 5.17. The Kier molecular flexibility index (Phi) is 5.32. The predicted octanol–water partition coefficient (Wildman–Crippen LogP) is 1.96. The van der Waals surface area contributed by atoms with E-state index in [-0.39, 0.29) is 5.56 Å². The average Bonchev–Trinajstić information content (AvgIpc) is 2.71. The number of nitrogens with one attached hydrogen (secondary N) is 1. The first-order valence-electron chi connectivity index (χ1n) is 9.95. The molecule has 1 aliphatic heterocycles. The second-order valence-electron chi connectivity index (χ2n) is 7.52. The molecule has 148 valence electrons. The van der Waals surface area contributed by atoms with Gasteiger partial charge in [-0.2, -0.15) is 0 Å². The molecule has 29 heavy (non-hydrogen) atoms. The fourth-order valence-electron chi connectivity index (χ4n) is 3.90. The molecule has 0 bridgehead atoms. The topological polar surface area (TPSA) is 66.7 Å². The van der Waals surface area contributed by atoms with Crippen LogP contribution >= 0.6 is 0 Å². The number of carboxylic acids is 1. The van der Waals surface area contributed by atoms with Crippen LogP contribution in [0, 0.1) is 0 Å². The summed E-state index contributed by atoms with van der Waals surface area (Å²) in [4.78, 5) is 18.0. The number of rotatable bonds is 5. The summed E-state index contributed by atoms with van der Waals surface area (Å²) in [5, 5.41) is 12.6. The number of quaternary nitrogens is 1. The Hall–Kier alpha value is -3.18. The highest BCUT2D eigenvalue weighted by atomic mass is 16.5. The van der Waals surface area contributed by atoms with Crippen LogP contribution < -0.4 is 14.7 Å². The van der Waals surface area contributed by atoms with Crippen molar-refractivity contribution in [3.05, 3.63) is 70.9 Å². The number of hydrogen-bond donors (Lipinski definition) is 1. The monoisotopic (exact) mass is 388 g/mol. The van der Waals surface area contributed by atoms with Gasteiger partial charge in [-0.1, -0.05) is 37.3 Å². The number of carboxylic acid groups (broad SMARTS) is 1. The molecule has 3 aromatic rings. The summed E-state index contributed by atoms with van der Waals surface area (Å²) in [5.41, 5.74) is 4.52. The molecule has 0 saturated carbocycles. The predicted molar refractivity (Wildman–Crippen MR) is 112 cm³/mol. The average molecular weight is 388 g/mol. The van der Waals surface area contributed by atoms with Crippen molar-refractivity contribution in [3.8, 4) is 5.75 Å². The number of carbonyl (C=O) groups is 1. The van der Waals surface area contributed by atoms with Crippen molar-refractivity contribution in [2.24, 2.45) is 0 Å². The van der Waals surface area contributed by atoms with Gasteiger partial charge in [-0.05, 0) is 36.3 Å². The summed E-state index contributed by atoms with van der Waals surface area (Å²) in [6, 6.07) is 15.3. The Morgan fingerprint density at radius 3 is 2.66 bits per heavy atom.